The zero-order chi connectivity index (χ0) is 20.7. The van der Waals surface area contributed by atoms with Crippen molar-refractivity contribution in [2.45, 2.75) is 33.1 Å². The number of piperidine rings is 1. The van der Waals surface area contributed by atoms with Crippen LogP contribution in [0.1, 0.15) is 43.5 Å². The lowest BCUT2D eigenvalue weighted by Crippen LogP contribution is -2.35. The standard InChI is InChI=1S/C19H30N4O4S/c1-14-7-11-23(12-8-14)10-4-9-20-19(25)17-13-16(21-15(2)24)5-6-18(17)22-28(3,26)27/h5-6,13-14,22H,4,7-12H2,1-3H3,(H,20,25)(H,21,24). The van der Waals surface area contributed by atoms with Crippen LogP contribution < -0.4 is 15.4 Å². The van der Waals surface area contributed by atoms with Crippen molar-refractivity contribution < 1.29 is 18.0 Å². The Bertz CT molecular complexity index is 802. The Hall–Kier alpha value is -2.13. The summed E-state index contributed by atoms with van der Waals surface area (Å²) < 4.78 is 25.5. The molecule has 156 valence electrons. The van der Waals surface area contributed by atoms with Crippen molar-refractivity contribution in [3.8, 4) is 0 Å². The van der Waals surface area contributed by atoms with E-state index in [2.05, 4.69) is 27.2 Å². The highest BCUT2D eigenvalue weighted by Gasteiger charge is 2.17. The van der Waals surface area contributed by atoms with E-state index in [0.717, 1.165) is 38.2 Å². The maximum atomic E-state index is 12.6. The molecule has 0 aromatic heterocycles. The number of nitrogens with zero attached hydrogens (tertiary/aromatic N) is 1. The molecule has 0 atom stereocenters. The van der Waals surface area contributed by atoms with Crippen LogP contribution >= 0.6 is 0 Å². The van der Waals surface area contributed by atoms with Gasteiger partial charge in [0.2, 0.25) is 15.9 Å². The van der Waals surface area contributed by atoms with Crippen LogP contribution in [0.5, 0.6) is 0 Å². The highest BCUT2D eigenvalue weighted by Crippen LogP contribution is 2.22. The largest absolute Gasteiger partial charge is 0.352 e. The van der Waals surface area contributed by atoms with Crippen molar-refractivity contribution >= 4 is 33.2 Å². The third-order valence-corrected chi connectivity index (χ3v) is 5.28. The van der Waals surface area contributed by atoms with Crippen molar-refractivity contribution in [1.82, 2.24) is 10.2 Å². The molecule has 1 fully saturated rings. The number of benzene rings is 1. The van der Waals surface area contributed by atoms with Crippen LogP contribution in [0.15, 0.2) is 18.2 Å². The SMILES string of the molecule is CC(=O)Nc1ccc(NS(C)(=O)=O)c(C(=O)NCCCN2CCC(C)CC2)c1. The maximum Gasteiger partial charge on any atom is 0.253 e. The monoisotopic (exact) mass is 410 g/mol. The summed E-state index contributed by atoms with van der Waals surface area (Å²) in [6, 6.07) is 4.48. The number of sulfonamides is 1. The van der Waals surface area contributed by atoms with Gasteiger partial charge in [-0.1, -0.05) is 6.92 Å². The average molecular weight is 411 g/mol. The first-order chi connectivity index (χ1) is 13.1. The third kappa shape index (κ3) is 7.47. The highest BCUT2D eigenvalue weighted by molar-refractivity contribution is 7.92. The Kier molecular flexibility index (Phi) is 7.82. The van der Waals surface area contributed by atoms with Crippen LogP contribution in [0.25, 0.3) is 0 Å². The molecule has 1 heterocycles. The van der Waals surface area contributed by atoms with Gasteiger partial charge in [0.15, 0.2) is 0 Å². The van der Waals surface area contributed by atoms with E-state index in [9.17, 15) is 18.0 Å². The Morgan fingerprint density at radius 2 is 1.89 bits per heavy atom. The van der Waals surface area contributed by atoms with Crippen LogP contribution in [0.3, 0.4) is 0 Å². The number of likely N-dealkylation sites (tertiary alicyclic amines) is 1. The number of carbonyl (C=O) groups excluding carboxylic acids is 2. The normalized spacial score (nSPS) is 15.8. The molecule has 1 aliphatic heterocycles. The predicted molar refractivity (Wildman–Crippen MR) is 111 cm³/mol. The summed E-state index contributed by atoms with van der Waals surface area (Å²) >= 11 is 0. The molecule has 0 unspecified atom stereocenters. The van der Waals surface area contributed by atoms with Crippen LogP contribution in [0.2, 0.25) is 0 Å². The molecule has 2 amide bonds. The van der Waals surface area contributed by atoms with Crippen molar-refractivity contribution in [2.24, 2.45) is 5.92 Å². The van der Waals surface area contributed by atoms with E-state index in [1.54, 1.807) is 6.07 Å². The first-order valence-corrected chi connectivity index (χ1v) is 11.4. The van der Waals surface area contributed by atoms with E-state index in [4.69, 9.17) is 0 Å². The van der Waals surface area contributed by atoms with Crippen LogP contribution in [0.4, 0.5) is 11.4 Å². The number of nitrogens with one attached hydrogen (secondary N) is 3. The van der Waals surface area contributed by atoms with Crippen molar-refractivity contribution in [3.63, 3.8) is 0 Å². The lowest BCUT2D eigenvalue weighted by Gasteiger charge is -2.30. The van der Waals surface area contributed by atoms with Gasteiger partial charge in [-0.3, -0.25) is 14.3 Å². The minimum absolute atomic E-state index is 0.170. The van der Waals surface area contributed by atoms with Gasteiger partial charge in [0.25, 0.3) is 5.91 Å². The van der Waals surface area contributed by atoms with Crippen LogP contribution in [-0.2, 0) is 14.8 Å². The van der Waals surface area contributed by atoms with E-state index < -0.39 is 10.0 Å². The zero-order valence-corrected chi connectivity index (χ0v) is 17.6. The van der Waals surface area contributed by atoms with E-state index in [0.29, 0.717) is 12.2 Å². The Labute approximate surface area is 167 Å². The molecule has 9 heteroatoms. The number of hydrogen-bond donors (Lipinski definition) is 3. The van der Waals surface area contributed by atoms with Gasteiger partial charge in [-0.25, -0.2) is 8.42 Å². The zero-order valence-electron chi connectivity index (χ0n) is 16.7. The first-order valence-electron chi connectivity index (χ1n) is 9.54. The number of rotatable bonds is 8. The quantitative estimate of drug-likeness (QED) is 0.567. The third-order valence-electron chi connectivity index (χ3n) is 4.69. The summed E-state index contributed by atoms with van der Waals surface area (Å²) in [5, 5.41) is 5.44. The van der Waals surface area contributed by atoms with Gasteiger partial charge in [-0.15, -0.1) is 0 Å². The molecule has 8 nitrogen and oxygen atoms in total. The van der Waals surface area contributed by atoms with Gasteiger partial charge in [0.05, 0.1) is 17.5 Å². The molecule has 3 N–H and O–H groups in total. The summed E-state index contributed by atoms with van der Waals surface area (Å²) in [4.78, 5) is 26.3. The van der Waals surface area contributed by atoms with Gasteiger partial charge >= 0.3 is 0 Å². The number of anilines is 2. The van der Waals surface area contributed by atoms with Gasteiger partial charge in [-0.2, -0.15) is 0 Å². The minimum atomic E-state index is -3.54. The van der Waals surface area contributed by atoms with Crippen LogP contribution in [0, 0.1) is 5.92 Å². The fourth-order valence-corrected chi connectivity index (χ4v) is 3.76. The van der Waals surface area contributed by atoms with Crippen molar-refractivity contribution in [2.75, 3.05) is 42.5 Å². The summed E-state index contributed by atoms with van der Waals surface area (Å²) in [5.41, 5.74) is 0.779. The number of carbonyl (C=O) groups is 2. The predicted octanol–water partition coefficient (Wildman–Crippen LogP) is 1.87. The Balaban J connectivity index is 1.97. The van der Waals surface area contributed by atoms with Gasteiger partial charge < -0.3 is 15.5 Å². The summed E-state index contributed by atoms with van der Waals surface area (Å²) in [7, 11) is -3.54. The van der Waals surface area contributed by atoms with Crippen molar-refractivity contribution in [1.29, 1.82) is 0 Å². The smallest absolute Gasteiger partial charge is 0.253 e. The Morgan fingerprint density at radius 1 is 1.21 bits per heavy atom. The average Bonchev–Trinajstić information content (AvgIpc) is 2.59. The second-order valence-electron chi connectivity index (χ2n) is 7.45. The molecule has 0 radical (unpaired) electrons. The van der Waals surface area contributed by atoms with Gasteiger partial charge in [-0.05, 0) is 63.0 Å². The molecular formula is C19H30N4O4S. The second-order valence-corrected chi connectivity index (χ2v) is 9.20. The minimum Gasteiger partial charge on any atom is -0.352 e. The summed E-state index contributed by atoms with van der Waals surface area (Å²) in [5.74, 6) is 0.129. The molecule has 1 aromatic rings. The fourth-order valence-electron chi connectivity index (χ4n) is 3.19. The highest BCUT2D eigenvalue weighted by atomic mass is 32.2. The lowest BCUT2D eigenvalue weighted by molar-refractivity contribution is -0.114. The second kappa shape index (κ2) is 9.88. The van der Waals surface area contributed by atoms with E-state index in [1.807, 2.05) is 0 Å². The number of amides is 2. The molecule has 1 saturated heterocycles. The van der Waals surface area contributed by atoms with E-state index in [-0.39, 0.29) is 23.1 Å². The van der Waals surface area contributed by atoms with Crippen LogP contribution in [-0.4, -0.2) is 57.6 Å². The topological polar surface area (TPSA) is 108 Å². The summed E-state index contributed by atoms with van der Waals surface area (Å²) in [6.45, 7) is 7.24. The molecule has 28 heavy (non-hydrogen) atoms. The Morgan fingerprint density at radius 3 is 2.50 bits per heavy atom. The molecule has 0 spiro atoms. The van der Waals surface area contributed by atoms with E-state index >= 15 is 0 Å². The first kappa shape index (κ1) is 22.2. The molecular weight excluding hydrogens is 380 g/mol. The van der Waals surface area contributed by atoms with E-state index in [1.165, 1.54) is 31.9 Å². The van der Waals surface area contributed by atoms with Gasteiger partial charge in [0.1, 0.15) is 0 Å². The molecule has 0 saturated carbocycles. The fraction of sp³-hybridized carbons (Fsp3) is 0.579. The molecule has 1 aromatic carbocycles. The summed E-state index contributed by atoms with van der Waals surface area (Å²) in [6.07, 6.45) is 4.27. The molecule has 2 rings (SSSR count). The van der Waals surface area contributed by atoms with Crippen molar-refractivity contribution in [3.05, 3.63) is 23.8 Å². The number of hydrogen-bond acceptors (Lipinski definition) is 5. The lowest BCUT2D eigenvalue weighted by atomic mass is 9.99. The molecule has 0 bridgehead atoms. The molecule has 1 aliphatic rings. The molecule has 0 aliphatic carbocycles. The maximum absolute atomic E-state index is 12.6. The van der Waals surface area contributed by atoms with Gasteiger partial charge in [0, 0.05) is 19.2 Å².